The highest BCUT2D eigenvalue weighted by molar-refractivity contribution is 5.79. The van der Waals surface area contributed by atoms with E-state index in [4.69, 9.17) is 9.52 Å². The van der Waals surface area contributed by atoms with Crippen LogP contribution in [0.25, 0.3) is 11.0 Å². The molecule has 0 aliphatic rings. The predicted molar refractivity (Wildman–Crippen MR) is 90.7 cm³/mol. The Morgan fingerprint density at radius 2 is 1.78 bits per heavy atom. The predicted octanol–water partition coefficient (Wildman–Crippen LogP) is 4.60. The molecule has 0 spiro atoms. The molecule has 1 unspecified atom stereocenters. The number of carboxylic acid groups (broad SMARTS) is 1. The second-order valence-corrected chi connectivity index (χ2v) is 6.19. The van der Waals surface area contributed by atoms with E-state index in [1.54, 1.807) is 6.92 Å². The molecule has 0 saturated carbocycles. The smallest absolute Gasteiger partial charge is 0.306 e. The van der Waals surface area contributed by atoms with E-state index in [-0.39, 0.29) is 5.92 Å². The molecule has 0 radical (unpaired) electrons. The molecular weight excluding hydrogens is 288 g/mol. The molecule has 0 amide bonds. The zero-order valence-corrected chi connectivity index (χ0v) is 13.4. The second-order valence-electron chi connectivity index (χ2n) is 6.19. The Morgan fingerprint density at radius 1 is 1.09 bits per heavy atom. The van der Waals surface area contributed by atoms with Crippen LogP contribution in [-0.2, 0) is 17.6 Å². The Bertz CT molecular complexity index is 828. The van der Waals surface area contributed by atoms with Gasteiger partial charge in [-0.25, -0.2) is 0 Å². The maximum Gasteiger partial charge on any atom is 0.306 e. The number of furan rings is 1. The van der Waals surface area contributed by atoms with Crippen LogP contribution in [-0.4, -0.2) is 11.1 Å². The van der Waals surface area contributed by atoms with E-state index in [2.05, 4.69) is 31.2 Å². The lowest BCUT2D eigenvalue weighted by Crippen LogP contribution is -2.12. The molecule has 1 aromatic heterocycles. The van der Waals surface area contributed by atoms with Crippen LogP contribution in [0, 0.1) is 12.8 Å². The first kappa shape index (κ1) is 15.3. The number of aliphatic carboxylic acids is 1. The van der Waals surface area contributed by atoms with E-state index < -0.39 is 5.97 Å². The normalized spacial score (nSPS) is 12.4. The molecule has 1 atom stereocenters. The van der Waals surface area contributed by atoms with Crippen molar-refractivity contribution < 1.29 is 14.3 Å². The minimum Gasteiger partial charge on any atom is -0.481 e. The summed E-state index contributed by atoms with van der Waals surface area (Å²) in [5, 5.41) is 10.1. The molecule has 3 nitrogen and oxygen atoms in total. The molecule has 0 fully saturated rings. The highest BCUT2D eigenvalue weighted by atomic mass is 16.4. The average Bonchev–Trinajstić information content (AvgIpc) is 2.91. The topological polar surface area (TPSA) is 50.4 Å². The zero-order chi connectivity index (χ0) is 16.4. The SMILES string of the molecule is Cc1ccc(Cc2cc3cc(CC(C)C(=O)O)ccc3o2)cc1. The van der Waals surface area contributed by atoms with Gasteiger partial charge in [-0.15, -0.1) is 0 Å². The minimum absolute atomic E-state index is 0.383. The van der Waals surface area contributed by atoms with Crippen LogP contribution in [0.15, 0.2) is 52.9 Å². The largest absolute Gasteiger partial charge is 0.481 e. The summed E-state index contributed by atoms with van der Waals surface area (Å²) >= 11 is 0. The van der Waals surface area contributed by atoms with Gasteiger partial charge in [0.2, 0.25) is 0 Å². The first-order valence-electron chi connectivity index (χ1n) is 7.81. The van der Waals surface area contributed by atoms with E-state index in [9.17, 15) is 4.79 Å². The molecule has 3 rings (SSSR count). The lowest BCUT2D eigenvalue weighted by Gasteiger charge is -2.05. The number of fused-ring (bicyclic) bond motifs is 1. The number of carbonyl (C=O) groups is 1. The number of aryl methyl sites for hydroxylation is 1. The van der Waals surface area contributed by atoms with Gasteiger partial charge in [0.15, 0.2) is 0 Å². The molecule has 0 aliphatic heterocycles. The fourth-order valence-corrected chi connectivity index (χ4v) is 2.71. The van der Waals surface area contributed by atoms with Crippen LogP contribution in [0.2, 0.25) is 0 Å². The Kier molecular flexibility index (Phi) is 4.20. The van der Waals surface area contributed by atoms with Crippen molar-refractivity contribution in [2.75, 3.05) is 0 Å². The molecule has 2 aromatic carbocycles. The maximum absolute atomic E-state index is 11.0. The first-order valence-corrected chi connectivity index (χ1v) is 7.81. The quantitative estimate of drug-likeness (QED) is 0.749. The van der Waals surface area contributed by atoms with Crippen molar-refractivity contribution in [1.82, 2.24) is 0 Å². The van der Waals surface area contributed by atoms with Crippen molar-refractivity contribution in [2.45, 2.75) is 26.7 Å². The van der Waals surface area contributed by atoms with Gasteiger partial charge in [-0.3, -0.25) is 4.79 Å². The van der Waals surface area contributed by atoms with E-state index in [0.717, 1.165) is 28.7 Å². The molecule has 118 valence electrons. The molecule has 3 aromatic rings. The Morgan fingerprint density at radius 3 is 2.48 bits per heavy atom. The Labute approximate surface area is 135 Å². The van der Waals surface area contributed by atoms with Crippen LogP contribution in [0.1, 0.15) is 29.4 Å². The third kappa shape index (κ3) is 3.62. The lowest BCUT2D eigenvalue weighted by molar-refractivity contribution is -0.141. The van der Waals surface area contributed by atoms with Crippen molar-refractivity contribution in [1.29, 1.82) is 0 Å². The molecule has 0 saturated heterocycles. The van der Waals surface area contributed by atoms with Gasteiger partial charge in [0.1, 0.15) is 11.3 Å². The van der Waals surface area contributed by atoms with Gasteiger partial charge < -0.3 is 9.52 Å². The Balaban J connectivity index is 1.81. The summed E-state index contributed by atoms with van der Waals surface area (Å²) in [4.78, 5) is 11.0. The van der Waals surface area contributed by atoms with Crippen LogP contribution < -0.4 is 0 Å². The number of hydrogen-bond acceptors (Lipinski definition) is 2. The van der Waals surface area contributed by atoms with Gasteiger partial charge in [0.05, 0.1) is 5.92 Å². The molecule has 1 N–H and O–H groups in total. The molecule has 23 heavy (non-hydrogen) atoms. The van der Waals surface area contributed by atoms with Gasteiger partial charge in [-0.2, -0.15) is 0 Å². The average molecular weight is 308 g/mol. The summed E-state index contributed by atoms with van der Waals surface area (Å²) in [6.07, 6.45) is 1.29. The molecule has 1 heterocycles. The van der Waals surface area contributed by atoms with Crippen LogP contribution in [0.3, 0.4) is 0 Å². The van der Waals surface area contributed by atoms with Crippen molar-refractivity contribution in [3.8, 4) is 0 Å². The van der Waals surface area contributed by atoms with Crippen molar-refractivity contribution in [3.05, 3.63) is 71.0 Å². The zero-order valence-electron chi connectivity index (χ0n) is 13.4. The van der Waals surface area contributed by atoms with Gasteiger partial charge in [-0.1, -0.05) is 42.8 Å². The third-order valence-electron chi connectivity index (χ3n) is 4.09. The third-order valence-corrected chi connectivity index (χ3v) is 4.09. The van der Waals surface area contributed by atoms with Gasteiger partial charge in [0, 0.05) is 11.8 Å². The van der Waals surface area contributed by atoms with Crippen molar-refractivity contribution >= 4 is 16.9 Å². The monoisotopic (exact) mass is 308 g/mol. The number of rotatable bonds is 5. The number of hydrogen-bond donors (Lipinski definition) is 1. The fourth-order valence-electron chi connectivity index (χ4n) is 2.71. The van der Waals surface area contributed by atoms with E-state index in [1.165, 1.54) is 11.1 Å². The summed E-state index contributed by atoms with van der Waals surface area (Å²) in [5.74, 6) is -0.226. The van der Waals surface area contributed by atoms with Gasteiger partial charge in [0.25, 0.3) is 0 Å². The second kappa shape index (κ2) is 6.29. The fraction of sp³-hybridized carbons (Fsp3) is 0.250. The van der Waals surface area contributed by atoms with Crippen LogP contribution >= 0.6 is 0 Å². The van der Waals surface area contributed by atoms with Crippen molar-refractivity contribution in [2.24, 2.45) is 5.92 Å². The highest BCUT2D eigenvalue weighted by Crippen LogP contribution is 2.24. The number of carboxylic acids is 1. The molecule has 0 bridgehead atoms. The minimum atomic E-state index is -0.766. The standard InChI is InChI=1S/C20H20O3/c1-13-3-5-15(6-4-13)11-18-12-17-10-16(7-8-19(17)23-18)9-14(2)20(21)22/h3-8,10,12,14H,9,11H2,1-2H3,(H,21,22). The highest BCUT2D eigenvalue weighted by Gasteiger charge is 2.13. The maximum atomic E-state index is 11.0. The summed E-state index contributed by atoms with van der Waals surface area (Å²) in [5.41, 5.74) is 4.33. The van der Waals surface area contributed by atoms with E-state index in [0.29, 0.717) is 6.42 Å². The summed E-state index contributed by atoms with van der Waals surface area (Å²) in [6, 6.07) is 16.4. The van der Waals surface area contributed by atoms with Gasteiger partial charge in [-0.05, 0) is 42.7 Å². The first-order chi connectivity index (χ1) is 11.0. The summed E-state index contributed by atoms with van der Waals surface area (Å²) in [7, 11) is 0. The van der Waals surface area contributed by atoms with Gasteiger partial charge >= 0.3 is 5.97 Å². The molecule has 3 heteroatoms. The number of benzene rings is 2. The summed E-state index contributed by atoms with van der Waals surface area (Å²) < 4.78 is 5.89. The lowest BCUT2D eigenvalue weighted by atomic mass is 10.0. The molecular formula is C20H20O3. The van der Waals surface area contributed by atoms with E-state index >= 15 is 0 Å². The van der Waals surface area contributed by atoms with E-state index in [1.807, 2.05) is 24.3 Å². The summed E-state index contributed by atoms with van der Waals surface area (Å²) in [6.45, 7) is 3.80. The molecule has 0 aliphatic carbocycles. The Hall–Kier alpha value is -2.55. The van der Waals surface area contributed by atoms with Crippen LogP contribution in [0.4, 0.5) is 0 Å². The van der Waals surface area contributed by atoms with Crippen molar-refractivity contribution in [3.63, 3.8) is 0 Å². The van der Waals surface area contributed by atoms with Crippen LogP contribution in [0.5, 0.6) is 0 Å².